The van der Waals surface area contributed by atoms with Gasteiger partial charge in [0, 0.05) is 37.0 Å². The van der Waals surface area contributed by atoms with Gasteiger partial charge in [0.25, 0.3) is 0 Å². The minimum absolute atomic E-state index is 0.270. The Morgan fingerprint density at radius 2 is 1.88 bits per heavy atom. The highest BCUT2D eigenvalue weighted by molar-refractivity contribution is 9.10. The number of nitrogens with one attached hydrogen (secondary N) is 1. The van der Waals surface area contributed by atoms with Crippen LogP contribution in [0.15, 0.2) is 58.2 Å². The van der Waals surface area contributed by atoms with Gasteiger partial charge >= 0.3 is 0 Å². The van der Waals surface area contributed by atoms with Crippen molar-refractivity contribution in [3.8, 4) is 0 Å². The largest absolute Gasteiger partial charge is 0.371 e. The Balaban J connectivity index is 1.69. The third-order valence-corrected chi connectivity index (χ3v) is 5.92. The van der Waals surface area contributed by atoms with E-state index in [9.17, 15) is 8.42 Å². The van der Waals surface area contributed by atoms with Gasteiger partial charge < -0.3 is 4.90 Å². The molecule has 6 nitrogen and oxygen atoms in total. The van der Waals surface area contributed by atoms with Crippen molar-refractivity contribution < 1.29 is 8.42 Å². The molecule has 0 aliphatic heterocycles. The van der Waals surface area contributed by atoms with E-state index >= 15 is 0 Å². The van der Waals surface area contributed by atoms with E-state index in [2.05, 4.69) is 30.6 Å². The number of sulfonamides is 1. The van der Waals surface area contributed by atoms with Gasteiger partial charge in [-0.2, -0.15) is 0 Å². The van der Waals surface area contributed by atoms with Gasteiger partial charge in [0.05, 0.1) is 16.1 Å². The molecule has 0 fully saturated rings. The number of nitrogens with zero attached hydrogens (tertiary/aromatic N) is 3. The maximum Gasteiger partial charge on any atom is 0.240 e. The van der Waals surface area contributed by atoms with Gasteiger partial charge in [-0.15, -0.1) is 0 Å². The Morgan fingerprint density at radius 1 is 1.15 bits per heavy atom. The zero-order chi connectivity index (χ0) is 18.7. The predicted molar refractivity (Wildman–Crippen MR) is 107 cm³/mol. The van der Waals surface area contributed by atoms with E-state index in [4.69, 9.17) is 0 Å². The van der Waals surface area contributed by atoms with Crippen LogP contribution in [0.3, 0.4) is 0 Å². The second kappa shape index (κ2) is 7.69. The normalized spacial score (nSPS) is 11.7. The van der Waals surface area contributed by atoms with E-state index in [1.807, 2.05) is 31.0 Å². The number of fused-ring (bicyclic) bond motifs is 1. The Morgan fingerprint density at radius 3 is 2.62 bits per heavy atom. The van der Waals surface area contributed by atoms with Crippen LogP contribution in [0, 0.1) is 6.92 Å². The molecular weight excluding hydrogens is 416 g/mol. The van der Waals surface area contributed by atoms with Crippen LogP contribution in [0.4, 0.5) is 5.69 Å². The molecule has 2 heterocycles. The van der Waals surface area contributed by atoms with Crippen LogP contribution < -0.4 is 9.62 Å². The molecule has 1 N–H and O–H groups in total. The fraction of sp³-hybridized carbons (Fsp3) is 0.222. The number of halogens is 1. The number of anilines is 1. The lowest BCUT2D eigenvalue weighted by atomic mass is 10.2. The SMILES string of the molecule is Cc1ccc(S(=O)(=O)NCCN(C)c2ccnc3cc(Br)cnc23)cc1. The lowest BCUT2D eigenvalue weighted by molar-refractivity contribution is 0.581. The zero-order valence-electron chi connectivity index (χ0n) is 14.5. The molecule has 0 bridgehead atoms. The third kappa shape index (κ3) is 4.20. The van der Waals surface area contributed by atoms with Crippen LogP contribution in [-0.4, -0.2) is 38.5 Å². The van der Waals surface area contributed by atoms with Crippen LogP contribution in [0.25, 0.3) is 11.0 Å². The summed E-state index contributed by atoms with van der Waals surface area (Å²) >= 11 is 3.39. The summed E-state index contributed by atoms with van der Waals surface area (Å²) in [5, 5.41) is 0. The van der Waals surface area contributed by atoms with E-state index in [1.54, 1.807) is 36.7 Å². The Bertz CT molecular complexity index is 1020. The van der Waals surface area contributed by atoms with Gasteiger partial charge in [-0.1, -0.05) is 17.7 Å². The molecule has 0 saturated carbocycles. The highest BCUT2D eigenvalue weighted by atomic mass is 79.9. The van der Waals surface area contributed by atoms with E-state index in [0.717, 1.165) is 26.8 Å². The average Bonchev–Trinajstić information content (AvgIpc) is 2.61. The maximum atomic E-state index is 12.4. The van der Waals surface area contributed by atoms with Crippen molar-refractivity contribution >= 4 is 42.7 Å². The van der Waals surface area contributed by atoms with E-state index < -0.39 is 10.0 Å². The molecule has 0 atom stereocenters. The highest BCUT2D eigenvalue weighted by Crippen LogP contribution is 2.24. The number of aromatic nitrogens is 2. The molecule has 0 unspecified atom stereocenters. The monoisotopic (exact) mass is 434 g/mol. The summed E-state index contributed by atoms with van der Waals surface area (Å²) in [5.74, 6) is 0. The summed E-state index contributed by atoms with van der Waals surface area (Å²) in [4.78, 5) is 11.0. The quantitative estimate of drug-likeness (QED) is 0.644. The Labute approximate surface area is 161 Å². The molecule has 1 aromatic carbocycles. The summed E-state index contributed by atoms with van der Waals surface area (Å²) in [6.07, 6.45) is 3.44. The van der Waals surface area contributed by atoms with Crippen LogP contribution in [0.5, 0.6) is 0 Å². The minimum atomic E-state index is -3.51. The summed E-state index contributed by atoms with van der Waals surface area (Å²) in [5.41, 5.74) is 3.48. The maximum absolute atomic E-state index is 12.4. The smallest absolute Gasteiger partial charge is 0.240 e. The van der Waals surface area contributed by atoms with Crippen LogP contribution in [0.1, 0.15) is 5.56 Å². The lowest BCUT2D eigenvalue weighted by Crippen LogP contribution is -2.33. The molecule has 0 amide bonds. The van der Waals surface area contributed by atoms with Crippen molar-refractivity contribution in [2.75, 3.05) is 25.0 Å². The summed E-state index contributed by atoms with van der Waals surface area (Å²) in [6.45, 7) is 2.71. The summed E-state index contributed by atoms with van der Waals surface area (Å²) in [6, 6.07) is 10.6. The molecule has 0 radical (unpaired) electrons. The molecule has 3 aromatic rings. The fourth-order valence-corrected chi connectivity index (χ4v) is 3.91. The van der Waals surface area contributed by atoms with Crippen molar-refractivity contribution in [2.45, 2.75) is 11.8 Å². The Hall–Kier alpha value is -2.03. The van der Waals surface area contributed by atoms with Gasteiger partial charge in [0.15, 0.2) is 0 Å². The Kier molecular flexibility index (Phi) is 5.55. The zero-order valence-corrected chi connectivity index (χ0v) is 16.9. The molecule has 0 saturated heterocycles. The van der Waals surface area contributed by atoms with Crippen molar-refractivity contribution in [3.63, 3.8) is 0 Å². The van der Waals surface area contributed by atoms with Crippen LogP contribution >= 0.6 is 15.9 Å². The molecule has 2 aromatic heterocycles. The van der Waals surface area contributed by atoms with E-state index in [-0.39, 0.29) is 11.4 Å². The summed E-state index contributed by atoms with van der Waals surface area (Å²) in [7, 11) is -1.61. The van der Waals surface area contributed by atoms with Crippen molar-refractivity contribution in [1.29, 1.82) is 0 Å². The molecular formula is C18H19BrN4O2S. The van der Waals surface area contributed by atoms with Crippen LogP contribution in [-0.2, 0) is 10.0 Å². The summed E-state index contributed by atoms with van der Waals surface area (Å²) < 4.78 is 28.2. The van der Waals surface area contributed by atoms with Crippen molar-refractivity contribution in [1.82, 2.24) is 14.7 Å². The van der Waals surface area contributed by atoms with Gasteiger partial charge in [0.1, 0.15) is 5.52 Å². The molecule has 0 spiro atoms. The van der Waals surface area contributed by atoms with Crippen molar-refractivity contribution in [2.24, 2.45) is 0 Å². The first-order valence-electron chi connectivity index (χ1n) is 8.04. The van der Waals surface area contributed by atoms with Crippen molar-refractivity contribution in [3.05, 3.63) is 58.8 Å². The molecule has 8 heteroatoms. The van der Waals surface area contributed by atoms with E-state index in [0.29, 0.717) is 6.54 Å². The number of rotatable bonds is 6. The molecule has 0 aliphatic rings. The topological polar surface area (TPSA) is 75.2 Å². The lowest BCUT2D eigenvalue weighted by Gasteiger charge is -2.20. The molecule has 136 valence electrons. The molecule has 26 heavy (non-hydrogen) atoms. The first kappa shape index (κ1) is 18.8. The van der Waals surface area contributed by atoms with Gasteiger partial charge in [-0.05, 0) is 47.1 Å². The number of likely N-dealkylation sites (N-methyl/N-ethyl adjacent to an activating group) is 1. The number of hydrogen-bond donors (Lipinski definition) is 1. The number of hydrogen-bond acceptors (Lipinski definition) is 5. The van der Waals surface area contributed by atoms with Gasteiger partial charge in [-0.3, -0.25) is 9.97 Å². The molecule has 3 rings (SSSR count). The fourth-order valence-electron chi connectivity index (χ4n) is 2.57. The average molecular weight is 435 g/mol. The third-order valence-electron chi connectivity index (χ3n) is 4.00. The number of pyridine rings is 2. The van der Waals surface area contributed by atoms with Gasteiger partial charge in [0.2, 0.25) is 10.0 Å². The standard InChI is InChI=1S/C18H19BrN4O2S/c1-13-3-5-15(6-4-13)26(24,25)22-9-10-23(2)17-7-8-20-16-11-14(19)12-21-18(16)17/h3-8,11-12,22H,9-10H2,1-2H3. The molecule has 0 aliphatic carbocycles. The second-order valence-electron chi connectivity index (χ2n) is 5.98. The minimum Gasteiger partial charge on any atom is -0.371 e. The van der Waals surface area contributed by atoms with E-state index in [1.165, 1.54) is 0 Å². The second-order valence-corrected chi connectivity index (χ2v) is 8.67. The first-order chi connectivity index (χ1) is 12.4. The number of aryl methyl sites for hydroxylation is 1. The van der Waals surface area contributed by atoms with Gasteiger partial charge in [-0.25, -0.2) is 13.1 Å². The first-order valence-corrected chi connectivity index (χ1v) is 10.3. The van der Waals surface area contributed by atoms with Crippen LogP contribution in [0.2, 0.25) is 0 Å². The highest BCUT2D eigenvalue weighted by Gasteiger charge is 2.14. The predicted octanol–water partition coefficient (Wildman–Crippen LogP) is 3.12. The number of benzene rings is 1.